The maximum Gasteiger partial charge on any atom is 0.347 e. The molecule has 1 amide bonds. The number of nitrogens with two attached hydrogens (primary N) is 1. The van der Waals surface area contributed by atoms with E-state index in [-0.39, 0.29) is 31.9 Å². The maximum absolute atomic E-state index is 13.4. The molecule has 0 saturated carbocycles. The Hall–Kier alpha value is -1.65. The van der Waals surface area contributed by atoms with E-state index >= 15 is 0 Å². The Labute approximate surface area is 196 Å². The Balaban J connectivity index is 3.21. The van der Waals surface area contributed by atoms with Crippen molar-refractivity contribution in [3.63, 3.8) is 0 Å². The second-order valence-corrected chi connectivity index (χ2v) is 8.67. The summed E-state index contributed by atoms with van der Waals surface area (Å²) in [6.45, 7) is 5.84. The highest BCUT2D eigenvalue weighted by molar-refractivity contribution is 7.80. The van der Waals surface area contributed by atoms with Crippen molar-refractivity contribution in [2.75, 3.05) is 25.5 Å². The van der Waals surface area contributed by atoms with Crippen molar-refractivity contribution in [2.24, 2.45) is 11.7 Å². The summed E-state index contributed by atoms with van der Waals surface area (Å²) in [5.41, 5.74) is 4.95. The molecule has 1 aromatic carbocycles. The first-order valence-corrected chi connectivity index (χ1v) is 11.8. The molecule has 0 saturated heterocycles. The van der Waals surface area contributed by atoms with Gasteiger partial charge in [-0.1, -0.05) is 57.5 Å². The summed E-state index contributed by atoms with van der Waals surface area (Å²) in [4.78, 5) is 31.7. The second kappa shape index (κ2) is 14.5. The van der Waals surface area contributed by atoms with Crippen LogP contribution in [0.25, 0.3) is 0 Å². The van der Waals surface area contributed by atoms with Crippen LogP contribution >= 0.6 is 12.6 Å². The molecule has 0 aliphatic rings. The van der Waals surface area contributed by atoms with Crippen molar-refractivity contribution < 1.29 is 24.6 Å². The smallest absolute Gasteiger partial charge is 0.347 e. The molecule has 0 spiro atoms. The summed E-state index contributed by atoms with van der Waals surface area (Å²) in [6.07, 6.45) is 1.40. The molecule has 0 aliphatic carbocycles. The van der Waals surface area contributed by atoms with Crippen LogP contribution in [0.3, 0.4) is 0 Å². The van der Waals surface area contributed by atoms with E-state index in [9.17, 15) is 19.8 Å². The minimum absolute atomic E-state index is 0.0497. The fourth-order valence-electron chi connectivity index (χ4n) is 3.25. The van der Waals surface area contributed by atoms with Crippen molar-refractivity contribution in [2.45, 2.75) is 64.1 Å². The zero-order chi connectivity index (χ0) is 24.1. The van der Waals surface area contributed by atoms with Gasteiger partial charge in [-0.25, -0.2) is 4.79 Å². The number of aliphatic hydroxyl groups is 1. The molecule has 0 aliphatic heterocycles. The Bertz CT molecular complexity index is 693. The molecule has 1 rings (SSSR count). The first-order chi connectivity index (χ1) is 15.2. The van der Waals surface area contributed by atoms with Gasteiger partial charge in [0.2, 0.25) is 11.6 Å². The molecule has 4 atom stereocenters. The average Bonchev–Trinajstić information content (AvgIpc) is 2.79. The fraction of sp³-hybridized carbons (Fsp3) is 0.652. The number of rotatable bonds is 16. The van der Waals surface area contributed by atoms with Gasteiger partial charge in [-0.15, -0.1) is 0 Å². The van der Waals surface area contributed by atoms with Gasteiger partial charge in [0, 0.05) is 37.8 Å². The minimum Gasteiger partial charge on any atom is -0.478 e. The van der Waals surface area contributed by atoms with Crippen molar-refractivity contribution in [1.29, 1.82) is 0 Å². The SMILES string of the molecule is CCC(C)CCON(C(=O)C[C@H](C)c1ccccc1)[C@](CCO)(NCC(N)CS)C(=O)O. The van der Waals surface area contributed by atoms with E-state index in [1.54, 1.807) is 0 Å². The summed E-state index contributed by atoms with van der Waals surface area (Å²) < 4.78 is 0. The number of aliphatic hydroxyl groups excluding tert-OH is 1. The van der Waals surface area contributed by atoms with Crippen LogP contribution in [0.1, 0.15) is 57.9 Å². The first kappa shape index (κ1) is 28.4. The Morgan fingerprint density at radius 1 is 1.28 bits per heavy atom. The van der Waals surface area contributed by atoms with Crippen LogP contribution in [0.5, 0.6) is 0 Å². The van der Waals surface area contributed by atoms with Gasteiger partial charge < -0.3 is 15.9 Å². The zero-order valence-corrected chi connectivity index (χ0v) is 20.3. The van der Waals surface area contributed by atoms with E-state index in [0.29, 0.717) is 18.1 Å². The molecule has 9 heteroatoms. The van der Waals surface area contributed by atoms with E-state index in [2.05, 4.69) is 31.8 Å². The fourth-order valence-corrected chi connectivity index (χ4v) is 3.38. The Morgan fingerprint density at radius 3 is 2.47 bits per heavy atom. The lowest BCUT2D eigenvalue weighted by atomic mass is 9.96. The van der Waals surface area contributed by atoms with Crippen molar-refractivity contribution >= 4 is 24.5 Å². The summed E-state index contributed by atoms with van der Waals surface area (Å²) in [7, 11) is 0. The van der Waals surface area contributed by atoms with E-state index in [0.717, 1.165) is 17.0 Å². The summed E-state index contributed by atoms with van der Waals surface area (Å²) in [5, 5.41) is 23.6. The molecular formula is C23H39N3O5S. The predicted molar refractivity (Wildman–Crippen MR) is 128 cm³/mol. The average molecular weight is 470 g/mol. The number of nitrogens with zero attached hydrogens (tertiary/aromatic N) is 1. The summed E-state index contributed by atoms with van der Waals surface area (Å²) >= 11 is 4.14. The van der Waals surface area contributed by atoms with Gasteiger partial charge in [0.1, 0.15) is 0 Å². The van der Waals surface area contributed by atoms with Gasteiger partial charge in [0.25, 0.3) is 0 Å². The largest absolute Gasteiger partial charge is 0.478 e. The van der Waals surface area contributed by atoms with E-state index in [1.165, 1.54) is 0 Å². The molecule has 182 valence electrons. The van der Waals surface area contributed by atoms with Crippen LogP contribution in [0, 0.1) is 5.92 Å². The number of carboxylic acid groups (broad SMARTS) is 1. The van der Waals surface area contributed by atoms with Crippen LogP contribution in [-0.2, 0) is 14.4 Å². The lowest BCUT2D eigenvalue weighted by Gasteiger charge is -2.40. The van der Waals surface area contributed by atoms with Gasteiger partial charge >= 0.3 is 5.97 Å². The number of thiol groups is 1. The quantitative estimate of drug-likeness (QED) is 0.143. The van der Waals surface area contributed by atoms with Crippen molar-refractivity contribution in [3.05, 3.63) is 35.9 Å². The summed E-state index contributed by atoms with van der Waals surface area (Å²) in [6, 6.07) is 9.10. The van der Waals surface area contributed by atoms with Crippen molar-refractivity contribution in [1.82, 2.24) is 10.4 Å². The van der Waals surface area contributed by atoms with E-state index in [4.69, 9.17) is 10.6 Å². The lowest BCUT2D eigenvalue weighted by molar-refractivity contribution is -0.238. The number of hydrogen-bond donors (Lipinski definition) is 5. The zero-order valence-electron chi connectivity index (χ0n) is 19.4. The number of hydroxylamine groups is 2. The van der Waals surface area contributed by atoms with Gasteiger partial charge in [-0.3, -0.25) is 14.9 Å². The molecule has 1 aromatic rings. The molecule has 0 bridgehead atoms. The number of nitrogens with one attached hydrogen (secondary N) is 1. The highest BCUT2D eigenvalue weighted by Crippen LogP contribution is 2.25. The number of carbonyl (C=O) groups excluding carboxylic acids is 1. The molecule has 0 aromatic heterocycles. The highest BCUT2D eigenvalue weighted by Gasteiger charge is 2.48. The van der Waals surface area contributed by atoms with Crippen LogP contribution in [0.15, 0.2) is 30.3 Å². The molecule has 2 unspecified atom stereocenters. The summed E-state index contributed by atoms with van der Waals surface area (Å²) in [5.74, 6) is -1.26. The molecule has 8 nitrogen and oxygen atoms in total. The van der Waals surface area contributed by atoms with Crippen LogP contribution in [0.2, 0.25) is 0 Å². The number of benzene rings is 1. The monoisotopic (exact) mass is 469 g/mol. The van der Waals surface area contributed by atoms with Gasteiger partial charge in [0.05, 0.1) is 6.61 Å². The van der Waals surface area contributed by atoms with Crippen LogP contribution < -0.4 is 11.1 Å². The van der Waals surface area contributed by atoms with Crippen LogP contribution in [-0.4, -0.2) is 64.4 Å². The third-order valence-corrected chi connectivity index (χ3v) is 6.14. The maximum atomic E-state index is 13.4. The van der Waals surface area contributed by atoms with Gasteiger partial charge in [0.15, 0.2) is 0 Å². The number of carboxylic acids is 1. The number of hydrogen-bond acceptors (Lipinski definition) is 7. The van der Waals surface area contributed by atoms with Crippen LogP contribution in [0.4, 0.5) is 0 Å². The second-order valence-electron chi connectivity index (χ2n) is 8.30. The molecule has 0 radical (unpaired) electrons. The molecule has 0 heterocycles. The third kappa shape index (κ3) is 8.37. The lowest BCUT2D eigenvalue weighted by Crippen LogP contribution is -2.67. The Morgan fingerprint density at radius 2 is 1.94 bits per heavy atom. The molecule has 32 heavy (non-hydrogen) atoms. The molecular weight excluding hydrogens is 430 g/mol. The first-order valence-electron chi connectivity index (χ1n) is 11.2. The topological polar surface area (TPSA) is 125 Å². The van der Waals surface area contributed by atoms with E-state index < -0.39 is 30.2 Å². The number of carbonyl (C=O) groups is 2. The normalized spacial score (nSPS) is 16.1. The third-order valence-electron chi connectivity index (χ3n) is 5.67. The number of amides is 1. The number of aliphatic carboxylic acids is 1. The van der Waals surface area contributed by atoms with Crippen molar-refractivity contribution in [3.8, 4) is 0 Å². The molecule has 0 fully saturated rings. The highest BCUT2D eigenvalue weighted by atomic mass is 32.1. The van der Waals surface area contributed by atoms with E-state index in [1.807, 2.05) is 37.3 Å². The minimum atomic E-state index is -1.95. The predicted octanol–water partition coefficient (Wildman–Crippen LogP) is 2.39. The standard InChI is InChI=1S/C23H39N3O5S/c1-4-17(2)10-13-31-26(21(28)14-18(3)19-8-6-5-7-9-19)23(11-12-27,22(29)30)25-15-20(24)16-32/h5-9,17-18,20,25,27,32H,4,10-16,24H2,1-3H3,(H,29,30)/t17?,18-,20?,23-/m0/s1. The molecule has 5 N–H and O–H groups in total. The Kier molecular flexibility index (Phi) is 12.9. The van der Waals surface area contributed by atoms with Gasteiger partial charge in [-0.2, -0.15) is 17.7 Å². The van der Waals surface area contributed by atoms with Gasteiger partial charge in [-0.05, 0) is 23.8 Å².